The molecule has 2 atom stereocenters. The monoisotopic (exact) mass is 308 g/mol. The molecule has 2 unspecified atom stereocenters. The lowest BCUT2D eigenvalue weighted by molar-refractivity contribution is 0.274. The van der Waals surface area contributed by atoms with Gasteiger partial charge < -0.3 is 10.6 Å². The van der Waals surface area contributed by atoms with E-state index in [1.165, 1.54) is 32.1 Å². The van der Waals surface area contributed by atoms with Crippen molar-refractivity contribution in [2.24, 2.45) is 11.8 Å². The molecule has 0 saturated heterocycles. The van der Waals surface area contributed by atoms with Gasteiger partial charge in [0.05, 0.1) is 0 Å². The first kappa shape index (κ1) is 16.4. The van der Waals surface area contributed by atoms with Crippen molar-refractivity contribution in [3.05, 3.63) is 6.07 Å². The van der Waals surface area contributed by atoms with Gasteiger partial charge in [0.1, 0.15) is 11.6 Å². The first-order valence-electron chi connectivity index (χ1n) is 8.12. The van der Waals surface area contributed by atoms with Crippen LogP contribution >= 0.6 is 11.8 Å². The molecule has 21 heavy (non-hydrogen) atoms. The Labute approximate surface area is 132 Å². The summed E-state index contributed by atoms with van der Waals surface area (Å²) in [5, 5.41) is 7.56. The third-order valence-electron chi connectivity index (χ3n) is 4.15. The maximum atomic E-state index is 4.53. The number of anilines is 2. The minimum atomic E-state index is 0.822. The minimum Gasteiger partial charge on any atom is -0.370 e. The van der Waals surface area contributed by atoms with Crippen molar-refractivity contribution >= 4 is 23.4 Å². The first-order valence-corrected chi connectivity index (χ1v) is 9.34. The molecule has 1 saturated carbocycles. The molecule has 0 bridgehead atoms. The minimum absolute atomic E-state index is 0.822. The highest BCUT2D eigenvalue weighted by molar-refractivity contribution is 7.98. The number of nitrogens with zero attached hydrogens (tertiary/aromatic N) is 2. The fourth-order valence-electron chi connectivity index (χ4n) is 3.10. The van der Waals surface area contributed by atoms with Crippen molar-refractivity contribution in [3.63, 3.8) is 0 Å². The molecule has 0 radical (unpaired) electrons. The van der Waals surface area contributed by atoms with Gasteiger partial charge in [-0.2, -0.15) is 0 Å². The standard InChI is InChI=1S/C16H28N4S/c1-4-17-14-11-15(20-16(19-14)21-3)18-9-8-13-7-5-6-12(2)10-13/h11-13H,4-10H2,1-3H3,(H2,17,18,19,20). The molecule has 5 heteroatoms. The molecule has 4 nitrogen and oxygen atoms in total. The Balaban J connectivity index is 1.85. The van der Waals surface area contributed by atoms with Gasteiger partial charge in [-0.05, 0) is 37.9 Å². The summed E-state index contributed by atoms with van der Waals surface area (Å²) >= 11 is 1.58. The van der Waals surface area contributed by atoms with Crippen LogP contribution in [0.15, 0.2) is 11.2 Å². The predicted octanol–water partition coefficient (Wildman–Crippen LogP) is 4.26. The van der Waals surface area contributed by atoms with Crippen molar-refractivity contribution < 1.29 is 0 Å². The summed E-state index contributed by atoms with van der Waals surface area (Å²) in [5.74, 6) is 3.64. The van der Waals surface area contributed by atoms with Crippen molar-refractivity contribution in [3.8, 4) is 0 Å². The van der Waals surface area contributed by atoms with E-state index in [4.69, 9.17) is 0 Å². The Hall–Kier alpha value is -0.970. The smallest absolute Gasteiger partial charge is 0.191 e. The number of nitrogens with one attached hydrogen (secondary N) is 2. The van der Waals surface area contributed by atoms with E-state index in [1.807, 2.05) is 12.3 Å². The summed E-state index contributed by atoms with van der Waals surface area (Å²) in [6.45, 7) is 6.35. The van der Waals surface area contributed by atoms with Crippen LogP contribution in [0.4, 0.5) is 11.6 Å². The van der Waals surface area contributed by atoms with Gasteiger partial charge in [-0.1, -0.05) is 37.9 Å². The summed E-state index contributed by atoms with van der Waals surface area (Å²) in [6.07, 6.45) is 8.87. The molecule has 2 N–H and O–H groups in total. The third kappa shape index (κ3) is 5.38. The summed E-state index contributed by atoms with van der Waals surface area (Å²) in [5.41, 5.74) is 0. The number of hydrogen-bond donors (Lipinski definition) is 2. The van der Waals surface area contributed by atoms with Crippen LogP contribution in [0.25, 0.3) is 0 Å². The van der Waals surface area contributed by atoms with Crippen LogP contribution in [0.5, 0.6) is 0 Å². The SMILES string of the molecule is CCNc1cc(NCCC2CCCC(C)C2)nc(SC)n1. The van der Waals surface area contributed by atoms with Crippen LogP contribution in [0.3, 0.4) is 0 Å². The fraction of sp³-hybridized carbons (Fsp3) is 0.750. The van der Waals surface area contributed by atoms with Gasteiger partial charge in [-0.3, -0.25) is 0 Å². The Morgan fingerprint density at radius 2 is 2.00 bits per heavy atom. The molecule has 1 aliphatic rings. The lowest BCUT2D eigenvalue weighted by atomic mass is 9.81. The third-order valence-corrected chi connectivity index (χ3v) is 4.70. The molecule has 1 heterocycles. The molecular weight excluding hydrogens is 280 g/mol. The van der Waals surface area contributed by atoms with Gasteiger partial charge in [0, 0.05) is 19.2 Å². The Bertz CT molecular complexity index is 438. The second-order valence-corrected chi connectivity index (χ2v) is 6.78. The van der Waals surface area contributed by atoms with Crippen LogP contribution in [0.1, 0.15) is 46.0 Å². The largest absolute Gasteiger partial charge is 0.370 e. The molecule has 118 valence electrons. The van der Waals surface area contributed by atoms with E-state index in [0.29, 0.717) is 0 Å². The quantitative estimate of drug-likeness (QED) is 0.582. The first-order chi connectivity index (χ1) is 10.2. The molecule has 0 amide bonds. The fourth-order valence-corrected chi connectivity index (χ4v) is 3.48. The van der Waals surface area contributed by atoms with Gasteiger partial charge in [-0.15, -0.1) is 0 Å². The Morgan fingerprint density at radius 1 is 1.24 bits per heavy atom. The number of aromatic nitrogens is 2. The highest BCUT2D eigenvalue weighted by Gasteiger charge is 2.18. The van der Waals surface area contributed by atoms with Gasteiger partial charge in [0.2, 0.25) is 0 Å². The molecule has 0 spiro atoms. The van der Waals surface area contributed by atoms with Crippen molar-refractivity contribution in [2.75, 3.05) is 30.0 Å². The van der Waals surface area contributed by atoms with Crippen molar-refractivity contribution in [1.82, 2.24) is 9.97 Å². The van der Waals surface area contributed by atoms with Crippen LogP contribution < -0.4 is 10.6 Å². The Morgan fingerprint density at radius 3 is 2.67 bits per heavy atom. The second-order valence-electron chi connectivity index (χ2n) is 6.01. The molecule has 1 aromatic heterocycles. The average Bonchev–Trinajstić information content (AvgIpc) is 2.47. The summed E-state index contributed by atoms with van der Waals surface area (Å²) in [4.78, 5) is 8.98. The lowest BCUT2D eigenvalue weighted by Crippen LogP contribution is -2.17. The number of hydrogen-bond acceptors (Lipinski definition) is 5. The zero-order valence-corrected chi connectivity index (χ0v) is 14.3. The highest BCUT2D eigenvalue weighted by Crippen LogP contribution is 2.30. The number of thioether (sulfide) groups is 1. The van der Waals surface area contributed by atoms with Gasteiger partial charge in [0.15, 0.2) is 5.16 Å². The maximum Gasteiger partial charge on any atom is 0.191 e. The molecule has 0 aliphatic heterocycles. The Kier molecular flexibility index (Phi) is 6.61. The predicted molar refractivity (Wildman–Crippen MR) is 92.2 cm³/mol. The summed E-state index contributed by atoms with van der Waals surface area (Å²) in [7, 11) is 0. The molecular formula is C16H28N4S. The normalized spacial score (nSPS) is 22.0. The van der Waals surface area contributed by atoms with Crippen LogP contribution in [0.2, 0.25) is 0 Å². The summed E-state index contributed by atoms with van der Waals surface area (Å²) in [6, 6.07) is 2.01. The van der Waals surface area contributed by atoms with Gasteiger partial charge in [-0.25, -0.2) is 9.97 Å². The molecule has 1 aliphatic carbocycles. The zero-order chi connectivity index (χ0) is 15.1. The van der Waals surface area contributed by atoms with E-state index < -0.39 is 0 Å². The van der Waals surface area contributed by atoms with E-state index in [2.05, 4.69) is 34.4 Å². The van der Waals surface area contributed by atoms with E-state index in [-0.39, 0.29) is 0 Å². The van der Waals surface area contributed by atoms with Crippen LogP contribution in [-0.4, -0.2) is 29.3 Å². The zero-order valence-electron chi connectivity index (χ0n) is 13.5. The molecule has 0 aromatic carbocycles. The van der Waals surface area contributed by atoms with Gasteiger partial charge >= 0.3 is 0 Å². The summed E-state index contributed by atoms with van der Waals surface area (Å²) < 4.78 is 0. The molecule has 1 fully saturated rings. The molecule has 1 aromatic rings. The van der Waals surface area contributed by atoms with Crippen LogP contribution in [0, 0.1) is 11.8 Å². The van der Waals surface area contributed by atoms with Crippen molar-refractivity contribution in [1.29, 1.82) is 0 Å². The number of rotatable bonds is 7. The molecule has 2 rings (SSSR count). The second kappa shape index (κ2) is 8.47. The van der Waals surface area contributed by atoms with Crippen molar-refractivity contribution in [2.45, 2.75) is 51.1 Å². The lowest BCUT2D eigenvalue weighted by Gasteiger charge is -2.26. The highest BCUT2D eigenvalue weighted by atomic mass is 32.2. The van der Waals surface area contributed by atoms with E-state index in [1.54, 1.807) is 11.8 Å². The topological polar surface area (TPSA) is 49.8 Å². The average molecular weight is 308 g/mol. The van der Waals surface area contributed by atoms with E-state index in [0.717, 1.165) is 41.7 Å². The maximum absolute atomic E-state index is 4.53. The van der Waals surface area contributed by atoms with Gasteiger partial charge in [0.25, 0.3) is 0 Å². The van der Waals surface area contributed by atoms with E-state index in [9.17, 15) is 0 Å². The van der Waals surface area contributed by atoms with Crippen LogP contribution in [-0.2, 0) is 0 Å². The van der Waals surface area contributed by atoms with E-state index >= 15 is 0 Å².